The fourth-order valence-electron chi connectivity index (χ4n) is 3.43. The first kappa shape index (κ1) is 17.6. The third-order valence-corrected chi connectivity index (χ3v) is 4.77. The van der Waals surface area contributed by atoms with Crippen molar-refractivity contribution < 1.29 is 14.6 Å². The van der Waals surface area contributed by atoms with Crippen LogP contribution in [0.15, 0.2) is 60.7 Å². The van der Waals surface area contributed by atoms with Gasteiger partial charge in [-0.1, -0.05) is 60.7 Å². The van der Waals surface area contributed by atoms with Gasteiger partial charge in [-0.15, -0.1) is 0 Å². The van der Waals surface area contributed by atoms with Gasteiger partial charge in [0.05, 0.1) is 12.5 Å². The van der Waals surface area contributed by atoms with Crippen LogP contribution in [-0.2, 0) is 22.7 Å². The Kier molecular flexibility index (Phi) is 6.20. The highest BCUT2D eigenvalue weighted by molar-refractivity contribution is 5.86. The molecule has 2 aromatic rings. The molecule has 1 fully saturated rings. The molecule has 0 aromatic heterocycles. The van der Waals surface area contributed by atoms with Crippen LogP contribution in [0.4, 0.5) is 0 Å². The predicted molar refractivity (Wildman–Crippen MR) is 96.7 cm³/mol. The molecule has 0 aliphatic carbocycles. The number of amides is 1. The Morgan fingerprint density at radius 2 is 1.56 bits per heavy atom. The molecule has 4 heteroatoms. The van der Waals surface area contributed by atoms with Crippen LogP contribution < -0.4 is 0 Å². The van der Waals surface area contributed by atoms with Crippen LogP contribution in [0.25, 0.3) is 0 Å². The van der Waals surface area contributed by atoms with Crippen LogP contribution >= 0.6 is 0 Å². The maximum Gasteiger partial charge on any atom is 0.228 e. The zero-order valence-electron chi connectivity index (χ0n) is 14.4. The van der Waals surface area contributed by atoms with Gasteiger partial charge in [-0.3, -0.25) is 4.79 Å². The van der Waals surface area contributed by atoms with Crippen LogP contribution in [0.2, 0.25) is 0 Å². The molecule has 0 bridgehead atoms. The van der Waals surface area contributed by atoms with Crippen LogP contribution in [-0.4, -0.2) is 35.2 Å². The van der Waals surface area contributed by atoms with Gasteiger partial charge in [-0.05, 0) is 24.0 Å². The van der Waals surface area contributed by atoms with E-state index in [4.69, 9.17) is 4.74 Å². The highest BCUT2D eigenvalue weighted by atomic mass is 16.5. The van der Waals surface area contributed by atoms with Crippen molar-refractivity contribution in [1.29, 1.82) is 0 Å². The van der Waals surface area contributed by atoms with Crippen molar-refractivity contribution >= 4 is 5.91 Å². The minimum absolute atomic E-state index is 0.0525. The Morgan fingerprint density at radius 1 is 0.920 bits per heavy atom. The lowest BCUT2D eigenvalue weighted by atomic mass is 9.82. The van der Waals surface area contributed by atoms with Gasteiger partial charge in [0.1, 0.15) is 0 Å². The Bertz CT molecular complexity index is 659. The number of ether oxygens (including phenoxy) is 1. The molecule has 1 aliphatic heterocycles. The summed E-state index contributed by atoms with van der Waals surface area (Å²) in [7, 11) is 0. The topological polar surface area (TPSA) is 49.8 Å². The summed E-state index contributed by atoms with van der Waals surface area (Å²) in [4.78, 5) is 14.3. The van der Waals surface area contributed by atoms with Gasteiger partial charge in [-0.25, -0.2) is 0 Å². The minimum Gasteiger partial charge on any atom is -0.396 e. The average Bonchev–Trinajstić information content (AvgIpc) is 2.67. The third-order valence-electron chi connectivity index (χ3n) is 4.77. The molecule has 25 heavy (non-hydrogen) atoms. The molecule has 3 rings (SSSR count). The first-order valence-electron chi connectivity index (χ1n) is 8.86. The molecule has 1 N–H and O–H groups in total. The van der Waals surface area contributed by atoms with E-state index in [9.17, 15) is 9.90 Å². The van der Waals surface area contributed by atoms with E-state index in [0.29, 0.717) is 26.2 Å². The monoisotopic (exact) mass is 339 g/mol. The zero-order chi connectivity index (χ0) is 17.5. The van der Waals surface area contributed by atoms with Gasteiger partial charge < -0.3 is 14.7 Å². The maximum atomic E-state index is 12.4. The number of β-lactam (4-membered cyclic amide) rings is 1. The molecule has 2 atom stereocenters. The second-order valence-corrected chi connectivity index (χ2v) is 6.46. The maximum absolute atomic E-state index is 12.4. The molecule has 0 spiro atoms. The number of hydrogen-bond acceptors (Lipinski definition) is 3. The lowest BCUT2D eigenvalue weighted by Crippen LogP contribution is -2.60. The molecule has 0 radical (unpaired) electrons. The van der Waals surface area contributed by atoms with Gasteiger partial charge >= 0.3 is 0 Å². The van der Waals surface area contributed by atoms with Crippen molar-refractivity contribution in [3.8, 4) is 0 Å². The van der Waals surface area contributed by atoms with Crippen molar-refractivity contribution in [2.24, 2.45) is 5.92 Å². The number of aliphatic hydroxyl groups is 1. The largest absolute Gasteiger partial charge is 0.396 e. The second-order valence-electron chi connectivity index (χ2n) is 6.46. The van der Waals surface area contributed by atoms with Crippen molar-refractivity contribution in [2.45, 2.75) is 32.0 Å². The van der Waals surface area contributed by atoms with Crippen molar-refractivity contribution in [3.63, 3.8) is 0 Å². The van der Waals surface area contributed by atoms with Gasteiger partial charge in [-0.2, -0.15) is 0 Å². The molecule has 1 amide bonds. The lowest BCUT2D eigenvalue weighted by Gasteiger charge is -2.47. The summed E-state index contributed by atoms with van der Waals surface area (Å²) < 4.78 is 5.79. The van der Waals surface area contributed by atoms with Crippen molar-refractivity contribution in [3.05, 3.63) is 71.8 Å². The van der Waals surface area contributed by atoms with Gasteiger partial charge in [0.25, 0.3) is 0 Å². The van der Waals surface area contributed by atoms with Crippen molar-refractivity contribution in [1.82, 2.24) is 4.90 Å². The molecule has 1 aliphatic rings. The summed E-state index contributed by atoms with van der Waals surface area (Å²) in [6.45, 7) is 1.88. The Balaban J connectivity index is 1.52. The summed E-state index contributed by atoms with van der Waals surface area (Å²) in [5.74, 6) is 0.0694. The fraction of sp³-hybridized carbons (Fsp3) is 0.381. The quantitative estimate of drug-likeness (QED) is 0.564. The van der Waals surface area contributed by atoms with Gasteiger partial charge in [0.15, 0.2) is 0 Å². The van der Waals surface area contributed by atoms with Crippen LogP contribution in [0.3, 0.4) is 0 Å². The van der Waals surface area contributed by atoms with Crippen molar-refractivity contribution in [2.75, 3.05) is 13.2 Å². The SMILES string of the molecule is O=C1C(CCO)C(CCOCc2ccccc2)N1Cc1ccccc1. The first-order chi connectivity index (χ1) is 12.3. The summed E-state index contributed by atoms with van der Waals surface area (Å²) in [6, 6.07) is 20.3. The second kappa shape index (κ2) is 8.79. The highest BCUT2D eigenvalue weighted by Crippen LogP contribution is 2.33. The number of nitrogens with zero attached hydrogens (tertiary/aromatic N) is 1. The van der Waals surface area contributed by atoms with E-state index in [0.717, 1.165) is 17.5 Å². The number of carbonyl (C=O) groups excluding carboxylic acids is 1. The number of hydrogen-bond donors (Lipinski definition) is 1. The summed E-state index contributed by atoms with van der Waals surface area (Å²) in [5.41, 5.74) is 2.29. The Labute approximate surface area is 149 Å². The van der Waals surface area contributed by atoms with E-state index in [1.54, 1.807) is 0 Å². The average molecular weight is 339 g/mol. The first-order valence-corrected chi connectivity index (χ1v) is 8.86. The normalized spacial score (nSPS) is 19.7. The smallest absolute Gasteiger partial charge is 0.228 e. The number of aliphatic hydroxyl groups excluding tert-OH is 1. The number of benzene rings is 2. The number of carbonyl (C=O) groups is 1. The van der Waals surface area contributed by atoms with Gasteiger partial charge in [0, 0.05) is 25.8 Å². The molecular weight excluding hydrogens is 314 g/mol. The van der Waals surface area contributed by atoms with Crippen LogP contribution in [0, 0.1) is 5.92 Å². The van der Waals surface area contributed by atoms with Gasteiger partial charge in [0.2, 0.25) is 5.91 Å². The van der Waals surface area contributed by atoms with E-state index in [2.05, 4.69) is 0 Å². The number of rotatable bonds is 9. The molecule has 2 aromatic carbocycles. The molecular formula is C21H25NO3. The van der Waals surface area contributed by atoms with E-state index in [1.165, 1.54) is 0 Å². The molecule has 2 unspecified atom stereocenters. The molecule has 1 saturated heterocycles. The van der Waals surface area contributed by atoms with E-state index in [-0.39, 0.29) is 24.5 Å². The van der Waals surface area contributed by atoms with E-state index in [1.807, 2.05) is 65.6 Å². The highest BCUT2D eigenvalue weighted by Gasteiger charge is 2.45. The summed E-state index contributed by atoms with van der Waals surface area (Å²) in [5, 5.41) is 9.23. The Hall–Kier alpha value is -2.17. The minimum atomic E-state index is -0.0750. The van der Waals surface area contributed by atoms with Crippen LogP contribution in [0.5, 0.6) is 0 Å². The van der Waals surface area contributed by atoms with E-state index >= 15 is 0 Å². The van der Waals surface area contributed by atoms with Crippen LogP contribution in [0.1, 0.15) is 24.0 Å². The third kappa shape index (κ3) is 4.47. The number of likely N-dealkylation sites (tertiary alicyclic amines) is 1. The molecule has 4 nitrogen and oxygen atoms in total. The fourth-order valence-corrected chi connectivity index (χ4v) is 3.43. The Morgan fingerprint density at radius 3 is 2.20 bits per heavy atom. The molecule has 0 saturated carbocycles. The standard InChI is InChI=1S/C21H25NO3/c23-13-11-19-20(12-14-25-16-18-9-5-2-6-10-18)22(21(19)24)15-17-7-3-1-4-8-17/h1-10,19-20,23H,11-16H2. The summed E-state index contributed by atoms with van der Waals surface area (Å²) in [6.07, 6.45) is 1.34. The summed E-state index contributed by atoms with van der Waals surface area (Å²) >= 11 is 0. The predicted octanol–water partition coefficient (Wildman–Crippen LogP) is 3.00. The molecule has 1 heterocycles. The lowest BCUT2D eigenvalue weighted by molar-refractivity contribution is -0.160. The molecule has 132 valence electrons. The zero-order valence-corrected chi connectivity index (χ0v) is 14.4. The van der Waals surface area contributed by atoms with E-state index < -0.39 is 0 Å².